The predicted molar refractivity (Wildman–Crippen MR) is 86.8 cm³/mol. The van der Waals surface area contributed by atoms with E-state index in [1.165, 1.54) is 16.3 Å². The molecule has 1 heterocycles. The van der Waals surface area contributed by atoms with Gasteiger partial charge >= 0.3 is 17.9 Å². The first-order chi connectivity index (χ1) is 10.6. The van der Waals surface area contributed by atoms with Crippen molar-refractivity contribution in [3.05, 3.63) is 0 Å². The molecule has 0 radical (unpaired) electrons. The number of morpholine rings is 1. The van der Waals surface area contributed by atoms with Crippen LogP contribution in [0.1, 0.15) is 27.7 Å². The van der Waals surface area contributed by atoms with Crippen LogP contribution in [0.5, 0.6) is 0 Å². The van der Waals surface area contributed by atoms with Crippen LogP contribution in [0.15, 0.2) is 5.16 Å². The fourth-order valence-corrected chi connectivity index (χ4v) is 3.05. The molecule has 8 nitrogen and oxygen atoms in total. The summed E-state index contributed by atoms with van der Waals surface area (Å²) in [4.78, 5) is 41.9. The summed E-state index contributed by atoms with van der Waals surface area (Å²) in [6.07, 6.45) is -0.795. The molecule has 0 aromatic heterocycles. The summed E-state index contributed by atoms with van der Waals surface area (Å²) < 4.78 is 5.45. The number of rotatable bonds is 5. The number of carbonyl (C=O) groups is 3. The van der Waals surface area contributed by atoms with Gasteiger partial charge in [0.05, 0.1) is 11.3 Å². The van der Waals surface area contributed by atoms with Gasteiger partial charge < -0.3 is 9.64 Å². The molecule has 1 rings (SSSR count). The second-order valence-corrected chi connectivity index (χ2v) is 7.70. The van der Waals surface area contributed by atoms with Gasteiger partial charge in [-0.3, -0.25) is 18.7 Å². The Morgan fingerprint density at radius 2 is 2.04 bits per heavy atom. The van der Waals surface area contributed by atoms with Crippen LogP contribution in [-0.4, -0.2) is 64.9 Å². The predicted octanol–water partition coefficient (Wildman–Crippen LogP) is 1.51. The SMILES string of the molecule is CC(C)C(=O)C(C)(C)SN(C)C(=O)ON=C1OCCN(C)C1=O. The third-order valence-electron chi connectivity index (χ3n) is 3.14. The Morgan fingerprint density at radius 3 is 2.61 bits per heavy atom. The van der Waals surface area contributed by atoms with Gasteiger partial charge in [-0.05, 0) is 31.0 Å². The van der Waals surface area contributed by atoms with Crippen molar-refractivity contribution in [1.82, 2.24) is 9.21 Å². The van der Waals surface area contributed by atoms with Crippen molar-refractivity contribution >= 4 is 35.6 Å². The Bertz CT molecular complexity index is 519. The highest BCUT2D eigenvalue weighted by molar-refractivity contribution is 7.99. The third kappa shape index (κ3) is 5.12. The van der Waals surface area contributed by atoms with Crippen molar-refractivity contribution in [3.8, 4) is 0 Å². The minimum absolute atomic E-state index is 0.0147. The average Bonchev–Trinajstić information content (AvgIpc) is 2.46. The molecule has 2 amide bonds. The number of Topliss-reactive ketones (excluding diaryl/α,β-unsaturated/α-hetero) is 1. The molecule has 130 valence electrons. The van der Waals surface area contributed by atoms with E-state index in [2.05, 4.69) is 5.16 Å². The lowest BCUT2D eigenvalue weighted by molar-refractivity contribution is -0.127. The summed E-state index contributed by atoms with van der Waals surface area (Å²) in [6.45, 7) is 7.82. The maximum Gasteiger partial charge on any atom is 0.445 e. The molecule has 0 aliphatic carbocycles. The van der Waals surface area contributed by atoms with Crippen molar-refractivity contribution < 1.29 is 24.0 Å². The standard InChI is InChI=1S/C14H23N3O5S/c1-9(2)10(18)14(3,4)23-17(6)13(20)22-15-11-12(19)16(5)7-8-21-11/h9H,7-8H2,1-6H3. The number of carbonyl (C=O) groups excluding carboxylic acids is 3. The van der Waals surface area contributed by atoms with Crippen LogP contribution < -0.4 is 0 Å². The summed E-state index contributed by atoms with van der Waals surface area (Å²) in [5, 5.41) is 3.46. The molecule has 0 saturated carbocycles. The molecule has 0 atom stereocenters. The second-order valence-electron chi connectivity index (χ2n) is 5.95. The molecule has 0 aromatic carbocycles. The number of hydrogen-bond acceptors (Lipinski definition) is 7. The Morgan fingerprint density at radius 1 is 1.43 bits per heavy atom. The van der Waals surface area contributed by atoms with Crippen LogP contribution in [0.25, 0.3) is 0 Å². The number of ketones is 1. The summed E-state index contributed by atoms with van der Waals surface area (Å²) in [5.74, 6) is -0.843. The Hall–Kier alpha value is -1.77. The van der Waals surface area contributed by atoms with E-state index in [4.69, 9.17) is 9.57 Å². The average molecular weight is 345 g/mol. The zero-order valence-corrected chi connectivity index (χ0v) is 15.1. The lowest BCUT2D eigenvalue weighted by Crippen LogP contribution is -2.43. The zero-order chi connectivity index (χ0) is 17.8. The molecular formula is C14H23N3O5S. The zero-order valence-electron chi connectivity index (χ0n) is 14.3. The first-order valence-corrected chi connectivity index (χ1v) is 7.98. The summed E-state index contributed by atoms with van der Waals surface area (Å²) in [6, 6.07) is 0. The van der Waals surface area contributed by atoms with Gasteiger partial charge in [-0.15, -0.1) is 0 Å². The highest BCUT2D eigenvalue weighted by atomic mass is 32.2. The summed E-state index contributed by atoms with van der Waals surface area (Å²) in [5.41, 5.74) is 0. The fraction of sp³-hybridized carbons (Fsp3) is 0.714. The second kappa shape index (κ2) is 7.67. The molecular weight excluding hydrogens is 322 g/mol. The smallest absolute Gasteiger partial charge is 0.445 e. The van der Waals surface area contributed by atoms with Crippen molar-refractivity contribution in [1.29, 1.82) is 0 Å². The first-order valence-electron chi connectivity index (χ1n) is 7.20. The van der Waals surface area contributed by atoms with Gasteiger partial charge in [0.1, 0.15) is 6.61 Å². The van der Waals surface area contributed by atoms with Gasteiger partial charge in [-0.1, -0.05) is 13.8 Å². The Labute approximate surface area is 140 Å². The molecule has 1 saturated heterocycles. The fourth-order valence-electron chi connectivity index (χ4n) is 1.93. The molecule has 9 heteroatoms. The largest absolute Gasteiger partial charge is 0.470 e. The van der Waals surface area contributed by atoms with Crippen LogP contribution in [0.3, 0.4) is 0 Å². The lowest BCUT2D eigenvalue weighted by atomic mass is 9.98. The molecule has 0 bridgehead atoms. The minimum Gasteiger partial charge on any atom is -0.470 e. The van der Waals surface area contributed by atoms with E-state index in [0.29, 0.717) is 13.2 Å². The van der Waals surface area contributed by atoms with E-state index in [1.54, 1.807) is 34.7 Å². The number of likely N-dealkylation sites (N-methyl/N-ethyl adjacent to an activating group) is 1. The van der Waals surface area contributed by atoms with Crippen LogP contribution in [0, 0.1) is 5.92 Å². The number of hydrogen-bond donors (Lipinski definition) is 0. The Kier molecular flexibility index (Phi) is 6.43. The van der Waals surface area contributed by atoms with E-state index >= 15 is 0 Å². The molecule has 1 aliphatic heterocycles. The van der Waals surface area contributed by atoms with Gasteiger partial charge in [0, 0.05) is 20.0 Å². The summed E-state index contributed by atoms with van der Waals surface area (Å²) >= 11 is 1.04. The minimum atomic E-state index is -0.795. The molecule has 0 aromatic rings. The number of amides is 2. The molecule has 1 aliphatic rings. The monoisotopic (exact) mass is 345 g/mol. The van der Waals surface area contributed by atoms with Gasteiger partial charge in [0.2, 0.25) is 0 Å². The molecule has 23 heavy (non-hydrogen) atoms. The highest BCUT2D eigenvalue weighted by Gasteiger charge is 2.34. The van der Waals surface area contributed by atoms with Crippen molar-refractivity contribution in [2.45, 2.75) is 32.4 Å². The van der Waals surface area contributed by atoms with Gasteiger partial charge in [0.15, 0.2) is 5.78 Å². The topological polar surface area (TPSA) is 88.5 Å². The van der Waals surface area contributed by atoms with E-state index in [1.807, 2.05) is 0 Å². The Balaban J connectivity index is 2.64. The van der Waals surface area contributed by atoms with Crippen molar-refractivity contribution in [3.63, 3.8) is 0 Å². The number of oxime groups is 1. The van der Waals surface area contributed by atoms with Gasteiger partial charge in [-0.25, -0.2) is 4.79 Å². The quantitative estimate of drug-likeness (QED) is 0.426. The van der Waals surface area contributed by atoms with Crippen molar-refractivity contribution in [2.24, 2.45) is 11.1 Å². The van der Waals surface area contributed by atoms with Crippen LogP contribution in [0.2, 0.25) is 0 Å². The molecule has 0 N–H and O–H groups in total. The van der Waals surface area contributed by atoms with Gasteiger partial charge in [0.25, 0.3) is 0 Å². The maximum atomic E-state index is 12.1. The van der Waals surface area contributed by atoms with Crippen LogP contribution in [-0.2, 0) is 19.2 Å². The van der Waals surface area contributed by atoms with Crippen molar-refractivity contribution in [2.75, 3.05) is 27.2 Å². The normalized spacial score (nSPS) is 17.3. The summed E-state index contributed by atoms with van der Waals surface area (Å²) in [7, 11) is 3.07. The number of ether oxygens (including phenoxy) is 1. The van der Waals surface area contributed by atoms with E-state index in [0.717, 1.165) is 11.9 Å². The van der Waals surface area contributed by atoms with E-state index < -0.39 is 16.7 Å². The first kappa shape index (κ1) is 19.3. The van der Waals surface area contributed by atoms with Crippen LogP contribution >= 0.6 is 11.9 Å². The van der Waals surface area contributed by atoms with E-state index in [-0.39, 0.29) is 17.6 Å². The number of nitrogens with zero attached hydrogens (tertiary/aromatic N) is 3. The maximum absolute atomic E-state index is 12.1. The van der Waals surface area contributed by atoms with Crippen LogP contribution in [0.4, 0.5) is 4.79 Å². The molecule has 0 spiro atoms. The molecule has 1 fully saturated rings. The third-order valence-corrected chi connectivity index (χ3v) is 4.22. The molecule has 0 unspecified atom stereocenters. The van der Waals surface area contributed by atoms with Gasteiger partial charge in [-0.2, -0.15) is 0 Å². The highest BCUT2D eigenvalue weighted by Crippen LogP contribution is 2.30. The van der Waals surface area contributed by atoms with E-state index in [9.17, 15) is 14.4 Å². The lowest BCUT2D eigenvalue weighted by Gasteiger charge is -2.28.